The number of hydrogen-bond acceptors (Lipinski definition) is 5. The Labute approximate surface area is 155 Å². The third-order valence-electron chi connectivity index (χ3n) is 3.94. The van der Waals surface area contributed by atoms with Gasteiger partial charge in [0.05, 0.1) is 12.4 Å². The summed E-state index contributed by atoms with van der Waals surface area (Å²) in [4.78, 5) is 12.5. The van der Waals surface area contributed by atoms with E-state index in [0.717, 1.165) is 11.3 Å². The van der Waals surface area contributed by atoms with E-state index >= 15 is 0 Å². The van der Waals surface area contributed by atoms with Crippen molar-refractivity contribution in [2.24, 2.45) is 7.05 Å². The Kier molecular flexibility index (Phi) is 5.37. The highest BCUT2D eigenvalue weighted by Crippen LogP contribution is 2.28. The minimum Gasteiger partial charge on any atom is -0.497 e. The van der Waals surface area contributed by atoms with Gasteiger partial charge in [-0.25, -0.2) is 4.39 Å². The van der Waals surface area contributed by atoms with Gasteiger partial charge in [-0.15, -0.1) is 10.2 Å². The molecule has 0 amide bonds. The third kappa shape index (κ3) is 3.77. The minimum absolute atomic E-state index is 0.0825. The number of thioether (sulfide) groups is 1. The van der Waals surface area contributed by atoms with Crippen molar-refractivity contribution >= 4 is 17.5 Å². The Morgan fingerprint density at radius 3 is 2.62 bits per heavy atom. The quantitative estimate of drug-likeness (QED) is 0.484. The van der Waals surface area contributed by atoms with Crippen molar-refractivity contribution in [2.75, 3.05) is 7.11 Å². The first kappa shape index (κ1) is 18.1. The van der Waals surface area contributed by atoms with Crippen molar-refractivity contribution in [3.63, 3.8) is 0 Å². The number of hydrogen-bond donors (Lipinski definition) is 0. The molecule has 0 aliphatic heterocycles. The predicted octanol–water partition coefficient (Wildman–Crippen LogP) is 3.99. The van der Waals surface area contributed by atoms with Crippen LogP contribution >= 0.6 is 11.8 Å². The standard InChI is InChI=1S/C19H18FN3O2S/c1-12(17(24)13-7-9-15(20)10-8-13)26-19-22-21-18(23(19)2)14-5-4-6-16(11-14)25-3/h4-12H,1-3H3. The van der Waals surface area contributed by atoms with Gasteiger partial charge in [-0.2, -0.15) is 0 Å². The number of aromatic nitrogens is 3. The van der Waals surface area contributed by atoms with Crippen LogP contribution < -0.4 is 4.74 Å². The SMILES string of the molecule is COc1cccc(-c2nnc(SC(C)C(=O)c3ccc(F)cc3)n2C)c1. The van der Waals surface area contributed by atoms with Gasteiger partial charge in [-0.1, -0.05) is 23.9 Å². The monoisotopic (exact) mass is 371 g/mol. The molecule has 134 valence electrons. The van der Waals surface area contributed by atoms with E-state index in [1.807, 2.05) is 35.9 Å². The zero-order valence-corrected chi connectivity index (χ0v) is 15.5. The van der Waals surface area contributed by atoms with Gasteiger partial charge in [-0.05, 0) is 43.3 Å². The first-order valence-corrected chi connectivity index (χ1v) is 8.88. The largest absolute Gasteiger partial charge is 0.497 e. The molecule has 3 rings (SSSR count). The van der Waals surface area contributed by atoms with Crippen LogP contribution in [0.3, 0.4) is 0 Å². The van der Waals surface area contributed by atoms with Gasteiger partial charge in [0.25, 0.3) is 0 Å². The van der Waals surface area contributed by atoms with Crippen molar-refractivity contribution in [3.8, 4) is 17.1 Å². The van der Waals surface area contributed by atoms with Crippen LogP contribution in [0.1, 0.15) is 17.3 Å². The zero-order valence-electron chi connectivity index (χ0n) is 14.6. The van der Waals surface area contributed by atoms with Gasteiger partial charge in [0.1, 0.15) is 11.6 Å². The molecular formula is C19H18FN3O2S. The summed E-state index contributed by atoms with van der Waals surface area (Å²) < 4.78 is 20.1. The Morgan fingerprint density at radius 1 is 1.19 bits per heavy atom. The molecule has 0 N–H and O–H groups in total. The number of ketones is 1. The molecule has 1 aromatic heterocycles. The molecule has 1 heterocycles. The van der Waals surface area contributed by atoms with Crippen LogP contribution in [-0.2, 0) is 7.05 Å². The number of methoxy groups -OCH3 is 1. The molecule has 3 aromatic rings. The molecule has 1 atom stereocenters. The molecule has 0 saturated heterocycles. The Hall–Kier alpha value is -2.67. The average molecular weight is 371 g/mol. The van der Waals surface area contributed by atoms with Crippen molar-refractivity contribution in [1.82, 2.24) is 14.8 Å². The summed E-state index contributed by atoms with van der Waals surface area (Å²) in [5, 5.41) is 8.69. The predicted molar refractivity (Wildman–Crippen MR) is 99.0 cm³/mol. The number of ether oxygens (including phenoxy) is 1. The van der Waals surface area contributed by atoms with Crippen LogP contribution in [0.15, 0.2) is 53.7 Å². The van der Waals surface area contributed by atoms with Gasteiger partial charge in [-0.3, -0.25) is 4.79 Å². The van der Waals surface area contributed by atoms with Crippen LogP contribution in [0.2, 0.25) is 0 Å². The highest BCUT2D eigenvalue weighted by molar-refractivity contribution is 8.00. The van der Waals surface area contributed by atoms with Gasteiger partial charge in [0.2, 0.25) is 0 Å². The van der Waals surface area contributed by atoms with Crippen LogP contribution in [0.5, 0.6) is 5.75 Å². The molecule has 0 radical (unpaired) electrons. The maximum absolute atomic E-state index is 13.0. The molecule has 1 unspecified atom stereocenters. The molecule has 0 bridgehead atoms. The van der Waals surface area contributed by atoms with Crippen LogP contribution in [0, 0.1) is 5.82 Å². The molecule has 0 aliphatic rings. The second-order valence-electron chi connectivity index (χ2n) is 5.73. The fourth-order valence-electron chi connectivity index (χ4n) is 2.49. The van der Waals surface area contributed by atoms with Crippen LogP contribution in [0.25, 0.3) is 11.4 Å². The summed E-state index contributed by atoms with van der Waals surface area (Å²) in [6, 6.07) is 13.1. The lowest BCUT2D eigenvalue weighted by Gasteiger charge is -2.10. The zero-order chi connectivity index (χ0) is 18.7. The third-order valence-corrected chi connectivity index (χ3v) is 5.08. The van der Waals surface area contributed by atoms with E-state index in [1.165, 1.54) is 36.0 Å². The summed E-state index contributed by atoms with van der Waals surface area (Å²) in [5.74, 6) is 0.978. The average Bonchev–Trinajstić information content (AvgIpc) is 3.02. The second-order valence-corrected chi connectivity index (χ2v) is 7.04. The van der Waals surface area contributed by atoms with Gasteiger partial charge < -0.3 is 9.30 Å². The maximum Gasteiger partial charge on any atom is 0.191 e. The molecule has 5 nitrogen and oxygen atoms in total. The molecule has 2 aromatic carbocycles. The maximum atomic E-state index is 13.0. The first-order valence-electron chi connectivity index (χ1n) is 8.00. The lowest BCUT2D eigenvalue weighted by atomic mass is 10.1. The minimum atomic E-state index is -0.374. The second kappa shape index (κ2) is 7.70. The first-order chi connectivity index (χ1) is 12.5. The van der Waals surface area contributed by atoms with Crippen LogP contribution in [0.4, 0.5) is 4.39 Å². The van der Waals surface area contributed by atoms with E-state index in [0.29, 0.717) is 16.5 Å². The van der Waals surface area contributed by atoms with Gasteiger partial charge in [0, 0.05) is 18.2 Å². The fourth-order valence-corrected chi connectivity index (χ4v) is 3.38. The number of nitrogens with zero attached hydrogens (tertiary/aromatic N) is 3. The van der Waals surface area contributed by atoms with Gasteiger partial charge >= 0.3 is 0 Å². The number of benzene rings is 2. The van der Waals surface area contributed by atoms with Crippen LogP contribution in [-0.4, -0.2) is 32.9 Å². The van der Waals surface area contributed by atoms with E-state index in [1.54, 1.807) is 14.0 Å². The van der Waals surface area contributed by atoms with E-state index in [4.69, 9.17) is 4.74 Å². The van der Waals surface area contributed by atoms with E-state index < -0.39 is 0 Å². The molecule has 0 fully saturated rings. The topological polar surface area (TPSA) is 57.0 Å². The number of halogens is 1. The van der Waals surface area contributed by atoms with Crippen molar-refractivity contribution in [2.45, 2.75) is 17.3 Å². The molecule has 0 saturated carbocycles. The fraction of sp³-hybridized carbons (Fsp3) is 0.211. The van der Waals surface area contributed by atoms with Crippen molar-refractivity contribution in [3.05, 3.63) is 59.9 Å². The number of carbonyl (C=O) groups excluding carboxylic acids is 1. The Morgan fingerprint density at radius 2 is 1.92 bits per heavy atom. The Bertz CT molecular complexity index is 925. The van der Waals surface area contributed by atoms with Gasteiger partial charge in [0.15, 0.2) is 16.8 Å². The lowest BCUT2D eigenvalue weighted by molar-refractivity contribution is 0.0994. The lowest BCUT2D eigenvalue weighted by Crippen LogP contribution is -2.14. The normalized spacial score (nSPS) is 12.0. The molecule has 7 heteroatoms. The number of rotatable bonds is 6. The molecule has 0 spiro atoms. The Balaban J connectivity index is 1.79. The highest BCUT2D eigenvalue weighted by atomic mass is 32.2. The number of carbonyl (C=O) groups is 1. The summed E-state index contributed by atoms with van der Waals surface area (Å²) in [5.41, 5.74) is 1.35. The summed E-state index contributed by atoms with van der Waals surface area (Å²) in [7, 11) is 3.46. The molecular weight excluding hydrogens is 353 g/mol. The van der Waals surface area contributed by atoms with E-state index in [2.05, 4.69) is 10.2 Å². The van der Waals surface area contributed by atoms with E-state index in [-0.39, 0.29) is 16.9 Å². The van der Waals surface area contributed by atoms with Crippen molar-refractivity contribution < 1.29 is 13.9 Å². The summed E-state index contributed by atoms with van der Waals surface area (Å²) in [6.07, 6.45) is 0. The van der Waals surface area contributed by atoms with Crippen molar-refractivity contribution in [1.29, 1.82) is 0 Å². The molecule has 26 heavy (non-hydrogen) atoms. The smallest absolute Gasteiger partial charge is 0.191 e. The molecule has 0 aliphatic carbocycles. The number of Topliss-reactive ketones (excluding diaryl/α,β-unsaturated/α-hetero) is 1. The summed E-state index contributed by atoms with van der Waals surface area (Å²) in [6.45, 7) is 1.80. The summed E-state index contributed by atoms with van der Waals surface area (Å²) >= 11 is 1.32. The van der Waals surface area contributed by atoms with E-state index in [9.17, 15) is 9.18 Å². The highest BCUT2D eigenvalue weighted by Gasteiger charge is 2.20.